The van der Waals surface area contributed by atoms with Crippen molar-refractivity contribution in [3.8, 4) is 11.5 Å². The zero-order valence-electron chi connectivity index (χ0n) is 17.5. The highest BCUT2D eigenvalue weighted by Crippen LogP contribution is 2.36. The molecule has 2 N–H and O–H groups in total. The van der Waals surface area contributed by atoms with E-state index in [1.54, 1.807) is 0 Å². The minimum absolute atomic E-state index is 0.000133. The van der Waals surface area contributed by atoms with Crippen LogP contribution in [0.3, 0.4) is 0 Å². The number of rotatable bonds is 7. The third kappa shape index (κ3) is 4.33. The molecule has 0 saturated carbocycles. The molecule has 4 heterocycles. The summed E-state index contributed by atoms with van der Waals surface area (Å²) in [7, 11) is 0. The fraction of sp³-hybridized carbons (Fsp3) is 0.381. The van der Waals surface area contributed by atoms with Crippen molar-refractivity contribution in [1.82, 2.24) is 9.97 Å². The standard InChI is InChI=1S/C21H21N5O6S/c27-20(28)13-4-7-25(8-5-13)21-23-18(14-10-17(26(29)30)33-19(14)24-21)22-6-3-12-1-2-15-16(9-12)32-11-31-15/h1-2,9-10,13H,3-8,11H2,(H,27,28)(H,22,23,24). The molecule has 12 heteroatoms. The van der Waals surface area contributed by atoms with Gasteiger partial charge in [-0.15, -0.1) is 0 Å². The van der Waals surface area contributed by atoms with Crippen LogP contribution in [-0.2, 0) is 11.2 Å². The Hall–Kier alpha value is -3.67. The van der Waals surface area contributed by atoms with Crippen LogP contribution in [0.2, 0.25) is 0 Å². The number of nitrogens with zero attached hydrogens (tertiary/aromatic N) is 4. The van der Waals surface area contributed by atoms with Crippen molar-refractivity contribution >= 4 is 44.3 Å². The average molecular weight is 471 g/mol. The molecule has 0 atom stereocenters. The minimum atomic E-state index is -0.786. The van der Waals surface area contributed by atoms with Gasteiger partial charge in [0.15, 0.2) is 11.5 Å². The van der Waals surface area contributed by atoms with Crippen molar-refractivity contribution in [2.45, 2.75) is 19.3 Å². The molecular formula is C21H21N5O6S. The summed E-state index contributed by atoms with van der Waals surface area (Å²) in [6.07, 6.45) is 1.70. The number of aromatic nitrogens is 2. The van der Waals surface area contributed by atoms with E-state index in [4.69, 9.17) is 9.47 Å². The van der Waals surface area contributed by atoms with Crippen molar-refractivity contribution in [1.29, 1.82) is 0 Å². The second-order valence-electron chi connectivity index (χ2n) is 7.90. The number of ether oxygens (including phenoxy) is 2. The van der Waals surface area contributed by atoms with E-state index >= 15 is 0 Å². The first-order chi connectivity index (χ1) is 16.0. The molecule has 2 aliphatic heterocycles. The molecular weight excluding hydrogens is 450 g/mol. The average Bonchev–Trinajstić information content (AvgIpc) is 3.46. The third-order valence-corrected chi connectivity index (χ3v) is 6.80. The van der Waals surface area contributed by atoms with Gasteiger partial charge in [0.2, 0.25) is 12.7 Å². The lowest BCUT2D eigenvalue weighted by Crippen LogP contribution is -2.37. The second-order valence-corrected chi connectivity index (χ2v) is 8.91. The lowest BCUT2D eigenvalue weighted by molar-refractivity contribution is -0.380. The number of carbonyl (C=O) groups is 1. The van der Waals surface area contributed by atoms with Crippen LogP contribution in [0.5, 0.6) is 11.5 Å². The van der Waals surface area contributed by atoms with E-state index in [0.717, 1.165) is 28.4 Å². The van der Waals surface area contributed by atoms with Crippen molar-refractivity contribution in [2.24, 2.45) is 5.92 Å². The van der Waals surface area contributed by atoms with Crippen LogP contribution in [0.4, 0.5) is 16.8 Å². The Morgan fingerprint density at radius 3 is 2.79 bits per heavy atom. The molecule has 1 aromatic carbocycles. The molecule has 11 nitrogen and oxygen atoms in total. The van der Waals surface area contributed by atoms with Crippen LogP contribution in [-0.4, -0.2) is 52.4 Å². The van der Waals surface area contributed by atoms with E-state index in [-0.39, 0.29) is 17.7 Å². The van der Waals surface area contributed by atoms with Gasteiger partial charge < -0.3 is 24.8 Å². The number of benzene rings is 1. The molecule has 172 valence electrons. The lowest BCUT2D eigenvalue weighted by Gasteiger charge is -2.30. The van der Waals surface area contributed by atoms with E-state index in [9.17, 15) is 20.0 Å². The highest BCUT2D eigenvalue weighted by molar-refractivity contribution is 7.21. The summed E-state index contributed by atoms with van der Waals surface area (Å²) >= 11 is 1.01. The molecule has 2 aromatic heterocycles. The topological polar surface area (TPSA) is 140 Å². The second kappa shape index (κ2) is 8.70. The highest BCUT2D eigenvalue weighted by Gasteiger charge is 2.27. The fourth-order valence-corrected chi connectivity index (χ4v) is 4.85. The Balaban J connectivity index is 1.36. The van der Waals surface area contributed by atoms with Crippen LogP contribution in [0.15, 0.2) is 24.3 Å². The minimum Gasteiger partial charge on any atom is -0.481 e. The molecule has 3 aromatic rings. The van der Waals surface area contributed by atoms with Gasteiger partial charge >= 0.3 is 11.0 Å². The number of fused-ring (bicyclic) bond motifs is 2. The highest BCUT2D eigenvalue weighted by atomic mass is 32.1. The monoisotopic (exact) mass is 471 g/mol. The van der Waals surface area contributed by atoms with Crippen molar-refractivity contribution in [3.63, 3.8) is 0 Å². The van der Waals surface area contributed by atoms with Gasteiger partial charge in [0.1, 0.15) is 10.6 Å². The van der Waals surface area contributed by atoms with Crippen LogP contribution < -0.4 is 19.7 Å². The zero-order valence-corrected chi connectivity index (χ0v) is 18.3. The summed E-state index contributed by atoms with van der Waals surface area (Å²) in [5.74, 6) is 1.27. The number of nitro groups is 1. The number of aliphatic carboxylic acids is 1. The molecule has 0 amide bonds. The number of hydrogen-bond donors (Lipinski definition) is 2. The summed E-state index contributed by atoms with van der Waals surface area (Å²) in [6, 6.07) is 7.27. The maximum absolute atomic E-state index is 11.3. The van der Waals surface area contributed by atoms with Crippen molar-refractivity contribution < 1.29 is 24.3 Å². The number of thiophene rings is 1. The summed E-state index contributed by atoms with van der Waals surface area (Å²) in [5, 5.41) is 24.5. The fourth-order valence-electron chi connectivity index (χ4n) is 4.01. The van der Waals surface area contributed by atoms with Gasteiger partial charge in [0.05, 0.1) is 16.2 Å². The normalized spacial score (nSPS) is 15.7. The summed E-state index contributed by atoms with van der Waals surface area (Å²) in [5.41, 5.74) is 1.06. The summed E-state index contributed by atoms with van der Waals surface area (Å²) < 4.78 is 10.8. The summed E-state index contributed by atoms with van der Waals surface area (Å²) in [4.78, 5) is 33.8. The number of carboxylic acid groups (broad SMARTS) is 1. The molecule has 5 rings (SSSR count). The van der Waals surface area contributed by atoms with Crippen LogP contribution >= 0.6 is 11.3 Å². The quantitative estimate of drug-likeness (QED) is 0.390. The molecule has 33 heavy (non-hydrogen) atoms. The van der Waals surface area contributed by atoms with Gasteiger partial charge in [-0.05, 0) is 48.3 Å². The molecule has 1 fully saturated rings. The lowest BCUT2D eigenvalue weighted by atomic mass is 9.97. The smallest absolute Gasteiger partial charge is 0.326 e. The van der Waals surface area contributed by atoms with Gasteiger partial charge in [-0.25, -0.2) is 4.98 Å². The zero-order chi connectivity index (χ0) is 22.9. The Kier molecular flexibility index (Phi) is 5.58. The Labute approximate surface area is 192 Å². The Bertz CT molecular complexity index is 1220. The molecule has 2 aliphatic rings. The van der Waals surface area contributed by atoms with Crippen LogP contribution in [0.25, 0.3) is 10.2 Å². The molecule has 1 saturated heterocycles. The molecule has 0 aliphatic carbocycles. The van der Waals surface area contributed by atoms with Gasteiger partial charge in [0.25, 0.3) is 0 Å². The van der Waals surface area contributed by atoms with E-state index in [2.05, 4.69) is 15.3 Å². The first-order valence-corrected chi connectivity index (χ1v) is 11.4. The molecule has 0 unspecified atom stereocenters. The number of hydrogen-bond acceptors (Lipinski definition) is 10. The molecule has 0 radical (unpaired) electrons. The Morgan fingerprint density at radius 2 is 2.03 bits per heavy atom. The molecule has 0 bridgehead atoms. The van der Waals surface area contributed by atoms with E-state index in [1.807, 2.05) is 23.1 Å². The van der Waals surface area contributed by atoms with Crippen LogP contribution in [0.1, 0.15) is 18.4 Å². The van der Waals surface area contributed by atoms with Gasteiger partial charge in [-0.1, -0.05) is 6.07 Å². The van der Waals surface area contributed by atoms with Gasteiger partial charge in [0, 0.05) is 25.7 Å². The SMILES string of the molecule is O=C(O)C1CCN(c2nc(NCCc3ccc4c(c3)OCO4)c3cc([N+](=O)[O-])sc3n2)CC1. The Morgan fingerprint density at radius 1 is 1.24 bits per heavy atom. The van der Waals surface area contributed by atoms with Gasteiger partial charge in [-0.2, -0.15) is 4.98 Å². The molecule has 0 spiro atoms. The predicted molar refractivity (Wildman–Crippen MR) is 121 cm³/mol. The summed E-state index contributed by atoms with van der Waals surface area (Å²) in [6.45, 7) is 1.81. The number of carboxylic acids is 1. The van der Waals surface area contributed by atoms with Crippen LogP contribution in [0, 0.1) is 16.0 Å². The first-order valence-electron chi connectivity index (χ1n) is 10.5. The number of piperidine rings is 1. The van der Waals surface area contributed by atoms with Gasteiger partial charge in [-0.3, -0.25) is 14.9 Å². The van der Waals surface area contributed by atoms with Crippen molar-refractivity contribution in [3.05, 3.63) is 39.9 Å². The van der Waals surface area contributed by atoms with E-state index in [0.29, 0.717) is 60.9 Å². The predicted octanol–water partition coefficient (Wildman–Crippen LogP) is 3.28. The van der Waals surface area contributed by atoms with E-state index < -0.39 is 10.9 Å². The van der Waals surface area contributed by atoms with Crippen molar-refractivity contribution in [2.75, 3.05) is 36.6 Å². The largest absolute Gasteiger partial charge is 0.481 e. The maximum atomic E-state index is 11.3. The first kappa shape index (κ1) is 21.2. The maximum Gasteiger partial charge on any atom is 0.326 e. The van der Waals surface area contributed by atoms with E-state index in [1.165, 1.54) is 6.07 Å². The number of anilines is 2. The number of nitrogens with one attached hydrogen (secondary N) is 1. The third-order valence-electron chi connectivity index (χ3n) is 5.82.